The Morgan fingerprint density at radius 2 is 1.38 bits per heavy atom. The molecule has 0 N–H and O–H groups in total. The van der Waals surface area contributed by atoms with Crippen LogP contribution in [-0.4, -0.2) is 42.2 Å². The minimum absolute atomic E-state index is 0.101. The average molecular weight is 402 g/mol. The SMILES string of the molecule is CCOC(CCCOC(=O)c1c(F)c(F)c(F)c(F)c1F)(O[SiH3])OCC. The maximum atomic E-state index is 13.5. The first-order valence-corrected chi connectivity index (χ1v) is 8.57. The van der Waals surface area contributed by atoms with E-state index in [0.29, 0.717) is 0 Å². The van der Waals surface area contributed by atoms with Crippen LogP contribution in [0, 0.1) is 29.1 Å². The molecule has 0 fully saturated rings. The standard InChI is InChI=1S/C15H19F5O5Si/c1-3-23-15(25-26,24-4-2)6-5-7-22-14(21)8-9(16)11(18)13(20)12(19)10(8)17/h3-7H2,1-2,26H3. The molecule has 1 rings (SSSR count). The van der Waals surface area contributed by atoms with Crippen LogP contribution < -0.4 is 0 Å². The number of ether oxygens (including phenoxy) is 3. The number of halogens is 5. The van der Waals surface area contributed by atoms with Gasteiger partial charge >= 0.3 is 5.97 Å². The predicted octanol–water partition coefficient (Wildman–Crippen LogP) is 2.34. The number of hydrogen-bond acceptors (Lipinski definition) is 5. The Hall–Kier alpha value is -1.56. The molecule has 0 aliphatic heterocycles. The first-order valence-electron chi connectivity index (χ1n) is 7.76. The molecule has 0 saturated heterocycles. The highest BCUT2D eigenvalue weighted by molar-refractivity contribution is 5.98. The number of hydrogen-bond donors (Lipinski definition) is 0. The molecular weight excluding hydrogens is 383 g/mol. The van der Waals surface area contributed by atoms with E-state index in [9.17, 15) is 26.7 Å². The number of rotatable bonds is 10. The zero-order valence-electron chi connectivity index (χ0n) is 14.5. The summed E-state index contributed by atoms with van der Waals surface area (Å²) >= 11 is 0. The van der Waals surface area contributed by atoms with Gasteiger partial charge in [-0.2, -0.15) is 0 Å². The van der Waals surface area contributed by atoms with E-state index in [1.165, 1.54) is 0 Å². The molecule has 0 aliphatic rings. The Labute approximate surface area is 149 Å². The van der Waals surface area contributed by atoms with E-state index in [-0.39, 0.29) is 43.1 Å². The fraction of sp³-hybridized carbons (Fsp3) is 0.533. The largest absolute Gasteiger partial charge is 0.462 e. The summed E-state index contributed by atoms with van der Waals surface area (Å²) in [4.78, 5) is 11.7. The smallest absolute Gasteiger partial charge is 0.344 e. The summed E-state index contributed by atoms with van der Waals surface area (Å²) < 4.78 is 86.9. The molecule has 0 atom stereocenters. The van der Waals surface area contributed by atoms with Crippen molar-refractivity contribution >= 4 is 16.5 Å². The number of carbonyl (C=O) groups is 1. The highest BCUT2D eigenvalue weighted by Gasteiger charge is 2.32. The summed E-state index contributed by atoms with van der Waals surface area (Å²) in [5.74, 6) is -14.3. The van der Waals surface area contributed by atoms with Gasteiger partial charge in [0, 0.05) is 19.6 Å². The van der Waals surface area contributed by atoms with Crippen molar-refractivity contribution in [3.8, 4) is 0 Å². The van der Waals surface area contributed by atoms with Gasteiger partial charge in [0.2, 0.25) is 5.82 Å². The van der Waals surface area contributed by atoms with Gasteiger partial charge in [0.15, 0.2) is 33.8 Å². The van der Waals surface area contributed by atoms with Gasteiger partial charge in [-0.15, -0.1) is 0 Å². The Morgan fingerprint density at radius 1 is 0.923 bits per heavy atom. The second-order valence-corrected chi connectivity index (χ2v) is 5.35. The van der Waals surface area contributed by atoms with Crippen LogP contribution >= 0.6 is 0 Å². The van der Waals surface area contributed by atoms with E-state index < -0.39 is 46.6 Å². The topological polar surface area (TPSA) is 54.0 Å². The first kappa shape index (κ1) is 22.5. The molecule has 11 heteroatoms. The van der Waals surface area contributed by atoms with Crippen molar-refractivity contribution in [3.05, 3.63) is 34.6 Å². The summed E-state index contributed by atoms with van der Waals surface area (Å²) in [5.41, 5.74) is -1.64. The summed E-state index contributed by atoms with van der Waals surface area (Å²) in [6, 6.07) is 0. The van der Waals surface area contributed by atoms with Gasteiger partial charge in [0.25, 0.3) is 5.97 Å². The van der Waals surface area contributed by atoms with Gasteiger partial charge < -0.3 is 18.6 Å². The van der Waals surface area contributed by atoms with Crippen LogP contribution in [-0.2, 0) is 18.6 Å². The van der Waals surface area contributed by atoms with Crippen molar-refractivity contribution in [1.82, 2.24) is 0 Å². The molecule has 1 aromatic rings. The van der Waals surface area contributed by atoms with Gasteiger partial charge in [-0.3, -0.25) is 0 Å². The van der Waals surface area contributed by atoms with Gasteiger partial charge in [0.1, 0.15) is 5.56 Å². The normalized spacial score (nSPS) is 11.8. The molecule has 148 valence electrons. The number of carbonyl (C=O) groups excluding carboxylic acids is 1. The second kappa shape index (κ2) is 9.95. The highest BCUT2D eigenvalue weighted by atomic mass is 28.2. The Kier molecular flexibility index (Phi) is 8.60. The third kappa shape index (κ3) is 4.99. The van der Waals surface area contributed by atoms with E-state index in [1.807, 2.05) is 0 Å². The molecule has 0 saturated carbocycles. The zero-order chi connectivity index (χ0) is 19.9. The van der Waals surface area contributed by atoms with E-state index in [1.54, 1.807) is 13.8 Å². The molecule has 0 heterocycles. The van der Waals surface area contributed by atoms with E-state index in [0.717, 1.165) is 0 Å². The lowest BCUT2D eigenvalue weighted by Crippen LogP contribution is -2.39. The zero-order valence-corrected chi connectivity index (χ0v) is 16.5. The third-order valence-electron chi connectivity index (χ3n) is 3.31. The molecule has 26 heavy (non-hydrogen) atoms. The second-order valence-electron chi connectivity index (χ2n) is 4.94. The fourth-order valence-electron chi connectivity index (χ4n) is 2.16. The predicted molar refractivity (Wildman–Crippen MR) is 82.8 cm³/mol. The summed E-state index contributed by atoms with van der Waals surface area (Å²) in [7, 11) is 0.288. The highest BCUT2D eigenvalue weighted by Crippen LogP contribution is 2.24. The van der Waals surface area contributed by atoms with Crippen LogP contribution in [0.1, 0.15) is 37.0 Å². The Morgan fingerprint density at radius 3 is 1.81 bits per heavy atom. The molecule has 0 aromatic heterocycles. The van der Waals surface area contributed by atoms with Crippen LogP contribution in [0.25, 0.3) is 0 Å². The number of esters is 1. The van der Waals surface area contributed by atoms with Gasteiger partial charge in [-0.1, -0.05) is 0 Å². The lowest BCUT2D eigenvalue weighted by Gasteiger charge is -2.31. The lowest BCUT2D eigenvalue weighted by molar-refractivity contribution is -0.344. The average Bonchev–Trinajstić information content (AvgIpc) is 2.62. The van der Waals surface area contributed by atoms with Crippen molar-refractivity contribution < 1.29 is 45.4 Å². The molecule has 0 radical (unpaired) electrons. The minimum Gasteiger partial charge on any atom is -0.462 e. The van der Waals surface area contributed by atoms with E-state index in [4.69, 9.17) is 13.9 Å². The Balaban J connectivity index is 2.76. The molecule has 0 aliphatic carbocycles. The van der Waals surface area contributed by atoms with Crippen LogP contribution in [0.2, 0.25) is 0 Å². The molecule has 0 unspecified atom stereocenters. The van der Waals surface area contributed by atoms with Gasteiger partial charge in [-0.05, 0) is 20.3 Å². The van der Waals surface area contributed by atoms with Crippen LogP contribution in [0.4, 0.5) is 22.0 Å². The summed E-state index contributed by atoms with van der Waals surface area (Å²) in [6.07, 6.45) is 0.228. The maximum absolute atomic E-state index is 13.5. The maximum Gasteiger partial charge on any atom is 0.344 e. The quantitative estimate of drug-likeness (QED) is 0.114. The fourth-order valence-corrected chi connectivity index (χ4v) is 2.60. The van der Waals surface area contributed by atoms with Crippen molar-refractivity contribution in [3.63, 3.8) is 0 Å². The molecule has 0 amide bonds. The molecule has 0 bridgehead atoms. The van der Waals surface area contributed by atoms with E-state index >= 15 is 0 Å². The molecule has 1 aromatic carbocycles. The van der Waals surface area contributed by atoms with Crippen molar-refractivity contribution in [2.45, 2.75) is 32.7 Å². The van der Waals surface area contributed by atoms with E-state index in [2.05, 4.69) is 4.74 Å². The lowest BCUT2D eigenvalue weighted by atomic mass is 10.1. The van der Waals surface area contributed by atoms with Crippen LogP contribution in [0.5, 0.6) is 0 Å². The molecular formula is C15H19F5O5Si. The van der Waals surface area contributed by atoms with Crippen molar-refractivity contribution in [2.24, 2.45) is 0 Å². The molecule has 0 spiro atoms. The molecule has 5 nitrogen and oxygen atoms in total. The summed E-state index contributed by atoms with van der Waals surface area (Å²) in [5, 5.41) is 0. The first-order chi connectivity index (χ1) is 12.2. The number of benzene rings is 1. The minimum atomic E-state index is -2.35. The summed E-state index contributed by atoms with van der Waals surface area (Å²) in [6.45, 7) is 3.64. The monoisotopic (exact) mass is 402 g/mol. The van der Waals surface area contributed by atoms with Crippen LogP contribution in [0.3, 0.4) is 0 Å². The van der Waals surface area contributed by atoms with Gasteiger partial charge in [0.05, 0.1) is 6.61 Å². The van der Waals surface area contributed by atoms with Gasteiger partial charge in [-0.25, -0.2) is 26.7 Å². The third-order valence-corrected chi connectivity index (χ3v) is 3.94. The van der Waals surface area contributed by atoms with Crippen LogP contribution in [0.15, 0.2) is 0 Å². The van der Waals surface area contributed by atoms with Crippen molar-refractivity contribution in [2.75, 3.05) is 19.8 Å². The van der Waals surface area contributed by atoms with Crippen molar-refractivity contribution in [1.29, 1.82) is 0 Å². The Bertz CT molecular complexity index is 608.